The van der Waals surface area contributed by atoms with Crippen LogP contribution in [-0.4, -0.2) is 64.0 Å². The summed E-state index contributed by atoms with van der Waals surface area (Å²) in [6, 6.07) is 3.87. The fraction of sp³-hybridized carbons (Fsp3) is 0.656. The zero-order valence-corrected chi connectivity index (χ0v) is 25.9. The molecule has 2 bridgehead atoms. The molecule has 5 rings (SSSR count). The van der Waals surface area contributed by atoms with Gasteiger partial charge in [-0.15, -0.1) is 0 Å². The van der Waals surface area contributed by atoms with Gasteiger partial charge in [-0.1, -0.05) is 52.1 Å². The van der Waals surface area contributed by atoms with Crippen LogP contribution in [-0.2, 0) is 20.7 Å². The van der Waals surface area contributed by atoms with E-state index in [0.29, 0.717) is 35.2 Å². The van der Waals surface area contributed by atoms with Crippen LogP contribution in [0.2, 0.25) is 5.02 Å². The normalized spacial score (nSPS) is 29.5. The molecule has 1 aromatic heterocycles. The minimum atomic E-state index is -0.874. The molecule has 0 radical (unpaired) electrons. The third-order valence-electron chi connectivity index (χ3n) is 9.18. The van der Waals surface area contributed by atoms with Gasteiger partial charge in [-0.2, -0.15) is 0 Å². The SMILES string of the molecule is CC[C@@H]1[C@@H]2CN(C(=O)[C@H](C(C)(C)C)NC(=O)O[C@@H]3CCC[C@H]3CCCCCc3nc4ccc(Cl)cc4nc3O2)[C@@H]1C=O. The second-order valence-corrected chi connectivity index (χ2v) is 13.6. The van der Waals surface area contributed by atoms with Crippen LogP contribution in [0.25, 0.3) is 11.0 Å². The summed E-state index contributed by atoms with van der Waals surface area (Å²) in [4.78, 5) is 51.0. The first-order chi connectivity index (χ1) is 20.1. The van der Waals surface area contributed by atoms with Crippen LogP contribution in [0.5, 0.6) is 5.88 Å². The van der Waals surface area contributed by atoms with Crippen LogP contribution in [0.3, 0.4) is 0 Å². The molecule has 6 atom stereocenters. The Hall–Kier alpha value is -2.94. The molecule has 3 aliphatic rings. The van der Waals surface area contributed by atoms with Gasteiger partial charge in [-0.3, -0.25) is 4.79 Å². The molecule has 2 amide bonds. The number of amides is 2. The van der Waals surface area contributed by atoms with Gasteiger partial charge in [0.2, 0.25) is 11.8 Å². The number of aromatic nitrogens is 2. The number of nitrogens with zero attached hydrogens (tertiary/aromatic N) is 3. The molecule has 0 spiro atoms. The van der Waals surface area contributed by atoms with E-state index in [0.717, 1.165) is 62.4 Å². The lowest BCUT2D eigenvalue weighted by Gasteiger charge is -2.35. The summed E-state index contributed by atoms with van der Waals surface area (Å²) in [6.45, 7) is 7.89. The average Bonchev–Trinajstić information content (AvgIpc) is 3.53. The van der Waals surface area contributed by atoms with Crippen molar-refractivity contribution in [3.8, 4) is 5.88 Å². The van der Waals surface area contributed by atoms with Crippen molar-refractivity contribution in [3.63, 3.8) is 0 Å². The van der Waals surface area contributed by atoms with Gasteiger partial charge in [0, 0.05) is 10.9 Å². The van der Waals surface area contributed by atoms with Crippen molar-refractivity contribution in [1.82, 2.24) is 20.2 Å². The summed E-state index contributed by atoms with van der Waals surface area (Å²) >= 11 is 6.27. The predicted octanol–water partition coefficient (Wildman–Crippen LogP) is 5.89. The molecule has 10 heteroatoms. The van der Waals surface area contributed by atoms with Gasteiger partial charge in [0.1, 0.15) is 30.2 Å². The van der Waals surface area contributed by atoms with Crippen molar-refractivity contribution in [2.75, 3.05) is 6.54 Å². The van der Waals surface area contributed by atoms with Crippen molar-refractivity contribution < 1.29 is 23.9 Å². The molecule has 1 saturated heterocycles. The number of carbonyl (C=O) groups is 3. The molecular formula is C32H43ClN4O5. The molecular weight excluding hydrogens is 556 g/mol. The lowest BCUT2D eigenvalue weighted by molar-refractivity contribution is -0.139. The first kappa shape index (κ1) is 30.5. The monoisotopic (exact) mass is 598 g/mol. The van der Waals surface area contributed by atoms with Crippen molar-refractivity contribution in [2.24, 2.45) is 17.3 Å². The van der Waals surface area contributed by atoms with Gasteiger partial charge in [-0.05, 0) is 74.5 Å². The number of benzene rings is 1. The number of alkyl carbamates (subject to hydrolysis) is 1. The molecule has 42 heavy (non-hydrogen) atoms. The second kappa shape index (κ2) is 12.7. The summed E-state index contributed by atoms with van der Waals surface area (Å²) < 4.78 is 12.5. The lowest BCUT2D eigenvalue weighted by atomic mass is 9.85. The highest BCUT2D eigenvalue weighted by Gasteiger charge is 2.48. The zero-order valence-electron chi connectivity index (χ0n) is 25.1. The molecule has 1 aliphatic carbocycles. The number of hydrogen-bond acceptors (Lipinski definition) is 7. The molecule has 1 N–H and O–H groups in total. The van der Waals surface area contributed by atoms with Gasteiger partial charge in [0.15, 0.2) is 0 Å². The molecule has 2 fully saturated rings. The summed E-state index contributed by atoms with van der Waals surface area (Å²) in [5.41, 5.74) is 1.54. The molecule has 1 aromatic carbocycles. The minimum Gasteiger partial charge on any atom is -0.471 e. The van der Waals surface area contributed by atoms with E-state index in [2.05, 4.69) is 5.32 Å². The molecule has 3 heterocycles. The van der Waals surface area contributed by atoms with Crippen LogP contribution in [0, 0.1) is 17.3 Å². The van der Waals surface area contributed by atoms with Crippen LogP contribution in [0.1, 0.15) is 84.8 Å². The van der Waals surface area contributed by atoms with E-state index in [1.807, 2.05) is 33.8 Å². The Bertz CT molecular complexity index is 1310. The fourth-order valence-corrected chi connectivity index (χ4v) is 7.02. The van der Waals surface area contributed by atoms with E-state index in [9.17, 15) is 14.4 Å². The maximum atomic E-state index is 14.1. The number of carbonyl (C=O) groups excluding carboxylic acids is 3. The number of rotatable bonds is 2. The second-order valence-electron chi connectivity index (χ2n) is 13.1. The first-order valence-corrected chi connectivity index (χ1v) is 15.8. The minimum absolute atomic E-state index is 0.152. The van der Waals surface area contributed by atoms with Crippen LogP contribution in [0.4, 0.5) is 4.79 Å². The van der Waals surface area contributed by atoms with Crippen molar-refractivity contribution in [1.29, 1.82) is 0 Å². The molecule has 1 saturated carbocycles. The summed E-state index contributed by atoms with van der Waals surface area (Å²) in [6.07, 6.45) is 7.79. The fourth-order valence-electron chi connectivity index (χ4n) is 6.86. The van der Waals surface area contributed by atoms with Gasteiger partial charge >= 0.3 is 6.09 Å². The third kappa shape index (κ3) is 6.51. The summed E-state index contributed by atoms with van der Waals surface area (Å²) in [5, 5.41) is 3.44. The van der Waals surface area contributed by atoms with E-state index < -0.39 is 29.7 Å². The number of ether oxygens (including phenoxy) is 2. The molecule has 2 aromatic rings. The molecule has 228 valence electrons. The Morgan fingerprint density at radius 3 is 2.55 bits per heavy atom. The number of nitrogens with one attached hydrogen (secondary N) is 1. The lowest BCUT2D eigenvalue weighted by Crippen LogP contribution is -2.56. The Kier molecular flexibility index (Phi) is 9.26. The van der Waals surface area contributed by atoms with Gasteiger partial charge in [-0.25, -0.2) is 14.8 Å². The van der Waals surface area contributed by atoms with E-state index >= 15 is 0 Å². The van der Waals surface area contributed by atoms with Gasteiger partial charge < -0.3 is 24.5 Å². The Morgan fingerprint density at radius 2 is 1.81 bits per heavy atom. The molecule has 0 unspecified atom stereocenters. The Labute approximate surface area is 253 Å². The number of halogens is 1. The molecule has 9 nitrogen and oxygen atoms in total. The highest BCUT2D eigenvalue weighted by molar-refractivity contribution is 6.31. The van der Waals surface area contributed by atoms with Gasteiger partial charge in [0.05, 0.1) is 23.6 Å². The smallest absolute Gasteiger partial charge is 0.408 e. The molecule has 2 aliphatic heterocycles. The maximum Gasteiger partial charge on any atom is 0.408 e. The van der Waals surface area contributed by atoms with E-state index in [1.54, 1.807) is 17.0 Å². The van der Waals surface area contributed by atoms with E-state index in [4.69, 9.17) is 31.0 Å². The summed E-state index contributed by atoms with van der Waals surface area (Å²) in [5.74, 6) is 0.177. The van der Waals surface area contributed by atoms with Gasteiger partial charge in [0.25, 0.3) is 0 Å². The van der Waals surface area contributed by atoms with E-state index in [1.165, 1.54) is 0 Å². The van der Waals surface area contributed by atoms with Crippen molar-refractivity contribution in [3.05, 3.63) is 28.9 Å². The predicted molar refractivity (Wildman–Crippen MR) is 160 cm³/mol. The average molecular weight is 599 g/mol. The largest absolute Gasteiger partial charge is 0.471 e. The third-order valence-corrected chi connectivity index (χ3v) is 9.42. The first-order valence-electron chi connectivity index (χ1n) is 15.4. The van der Waals surface area contributed by atoms with Crippen LogP contribution < -0.4 is 10.1 Å². The highest BCUT2D eigenvalue weighted by atomic mass is 35.5. The number of fused-ring (bicyclic) bond motifs is 5. The standard InChI is InChI=1S/C32H43ClN4O5/c1-5-21-25(18-38)37-17-27(21)41-29-23(34-22-15-14-20(33)16-24(22)35-29)12-8-6-7-10-19-11-9-13-26(19)42-31(40)36-28(30(37)39)32(2,3)4/h14-16,18-19,21,25-28H,5-13,17H2,1-4H3,(H,36,40)/t19-,21+,25-,26-,27+,28-/m1/s1. The summed E-state index contributed by atoms with van der Waals surface area (Å²) in [7, 11) is 0. The van der Waals surface area contributed by atoms with E-state index in [-0.39, 0.29) is 24.5 Å². The number of aryl methyl sites for hydroxylation is 1. The highest BCUT2D eigenvalue weighted by Crippen LogP contribution is 2.36. The number of hydrogen-bond donors (Lipinski definition) is 1. The van der Waals surface area contributed by atoms with Crippen LogP contribution in [0.15, 0.2) is 18.2 Å². The Balaban J connectivity index is 1.52. The zero-order chi connectivity index (χ0) is 30.0. The number of aldehydes is 1. The Morgan fingerprint density at radius 1 is 1.02 bits per heavy atom. The topological polar surface area (TPSA) is 111 Å². The van der Waals surface area contributed by atoms with Crippen molar-refractivity contribution in [2.45, 2.75) is 110 Å². The maximum absolute atomic E-state index is 14.1. The quantitative estimate of drug-likeness (QED) is 0.429. The van der Waals surface area contributed by atoms with Crippen molar-refractivity contribution >= 4 is 40.9 Å². The van der Waals surface area contributed by atoms with Crippen LogP contribution >= 0.6 is 11.6 Å².